The van der Waals surface area contributed by atoms with E-state index in [4.69, 9.17) is 5.11 Å². The fraction of sp³-hybridized carbons (Fsp3) is 0.667. The molecule has 0 unspecified atom stereocenters. The van der Waals surface area contributed by atoms with Gasteiger partial charge in [0.25, 0.3) is 5.91 Å². The number of aliphatic carboxylic acids is 1. The Kier molecular flexibility index (Phi) is 5.15. The zero-order valence-electron chi connectivity index (χ0n) is 13.7. The van der Waals surface area contributed by atoms with Crippen LogP contribution in [0.5, 0.6) is 0 Å². The minimum absolute atomic E-state index is 0.0666. The monoisotopic (exact) mass is 295 g/mol. The van der Waals surface area contributed by atoms with E-state index in [-0.39, 0.29) is 30.5 Å². The Morgan fingerprint density at radius 2 is 1.95 bits per heavy atom. The normalized spacial score (nSPS) is 11.8. The van der Waals surface area contributed by atoms with E-state index < -0.39 is 5.97 Å². The zero-order valence-corrected chi connectivity index (χ0v) is 13.7. The number of rotatable bonds is 5. The molecular formula is C15H25N3O3. The smallest absolute Gasteiger partial charge is 0.305 e. The Bertz CT molecular complexity index is 527. The Hall–Kier alpha value is -1.85. The van der Waals surface area contributed by atoms with Crippen LogP contribution in [0.2, 0.25) is 0 Å². The molecule has 1 aromatic heterocycles. The summed E-state index contributed by atoms with van der Waals surface area (Å²) in [6, 6.07) is 1.68. The number of hydrogen-bond acceptors (Lipinski definition) is 3. The van der Waals surface area contributed by atoms with Crippen molar-refractivity contribution in [1.82, 2.24) is 14.7 Å². The molecule has 1 N–H and O–H groups in total. The Morgan fingerprint density at radius 1 is 1.38 bits per heavy atom. The number of carboxylic acid groups (broad SMARTS) is 1. The van der Waals surface area contributed by atoms with Crippen LogP contribution in [0.3, 0.4) is 0 Å². The number of carboxylic acids is 1. The minimum atomic E-state index is -0.912. The van der Waals surface area contributed by atoms with Crippen LogP contribution in [0.15, 0.2) is 6.07 Å². The van der Waals surface area contributed by atoms with Crippen LogP contribution < -0.4 is 0 Å². The molecule has 0 saturated heterocycles. The van der Waals surface area contributed by atoms with E-state index in [0.29, 0.717) is 5.69 Å². The molecular weight excluding hydrogens is 270 g/mol. The average molecular weight is 295 g/mol. The first-order valence-electron chi connectivity index (χ1n) is 7.14. The summed E-state index contributed by atoms with van der Waals surface area (Å²) in [4.78, 5) is 24.8. The summed E-state index contributed by atoms with van der Waals surface area (Å²) in [6.07, 6.45) is -0.0666. The van der Waals surface area contributed by atoms with Crippen LogP contribution >= 0.6 is 0 Å². The molecule has 1 rings (SSSR count). The van der Waals surface area contributed by atoms with Crippen molar-refractivity contribution in [3.63, 3.8) is 0 Å². The topological polar surface area (TPSA) is 75.4 Å². The van der Waals surface area contributed by atoms with Gasteiger partial charge in [-0.1, -0.05) is 0 Å². The lowest BCUT2D eigenvalue weighted by Crippen LogP contribution is -2.39. The number of nitrogens with zero attached hydrogens (tertiary/aromatic N) is 3. The van der Waals surface area contributed by atoms with Gasteiger partial charge < -0.3 is 10.0 Å². The minimum Gasteiger partial charge on any atom is -0.481 e. The second-order valence-electron chi connectivity index (χ2n) is 6.49. The summed E-state index contributed by atoms with van der Waals surface area (Å²) >= 11 is 0. The fourth-order valence-electron chi connectivity index (χ4n) is 2.22. The van der Waals surface area contributed by atoms with Crippen molar-refractivity contribution in [3.8, 4) is 0 Å². The molecule has 1 heterocycles. The number of carbonyl (C=O) groups excluding carboxylic acids is 1. The third-order valence-electron chi connectivity index (χ3n) is 3.19. The van der Waals surface area contributed by atoms with Gasteiger partial charge in [0.1, 0.15) is 0 Å². The molecule has 1 amide bonds. The predicted molar refractivity (Wildman–Crippen MR) is 80.4 cm³/mol. The summed E-state index contributed by atoms with van der Waals surface area (Å²) in [5.74, 6) is -1.14. The van der Waals surface area contributed by atoms with Crippen molar-refractivity contribution >= 4 is 11.9 Å². The molecule has 0 aliphatic heterocycles. The fourth-order valence-corrected chi connectivity index (χ4v) is 2.22. The molecule has 0 spiro atoms. The number of aromatic nitrogens is 2. The second kappa shape index (κ2) is 6.28. The van der Waals surface area contributed by atoms with E-state index >= 15 is 0 Å². The lowest BCUT2D eigenvalue weighted by atomic mass is 10.1. The van der Waals surface area contributed by atoms with Gasteiger partial charge in [0.15, 0.2) is 5.69 Å². The van der Waals surface area contributed by atoms with Crippen LogP contribution in [-0.2, 0) is 10.3 Å². The van der Waals surface area contributed by atoms with E-state index in [1.807, 2.05) is 46.2 Å². The molecule has 0 atom stereocenters. The Labute approximate surface area is 125 Å². The van der Waals surface area contributed by atoms with Gasteiger partial charge in [-0.05, 0) is 47.6 Å². The van der Waals surface area contributed by atoms with Gasteiger partial charge >= 0.3 is 5.97 Å². The number of carbonyl (C=O) groups is 2. The second-order valence-corrected chi connectivity index (χ2v) is 6.49. The summed E-state index contributed by atoms with van der Waals surface area (Å²) in [6.45, 7) is 11.9. The van der Waals surface area contributed by atoms with Gasteiger partial charge in [-0.15, -0.1) is 0 Å². The van der Waals surface area contributed by atoms with Gasteiger partial charge in [0.2, 0.25) is 0 Å². The van der Waals surface area contributed by atoms with Gasteiger partial charge in [-0.3, -0.25) is 14.3 Å². The molecule has 0 bridgehead atoms. The zero-order chi connectivity index (χ0) is 16.4. The van der Waals surface area contributed by atoms with Crippen molar-refractivity contribution in [3.05, 3.63) is 17.5 Å². The summed E-state index contributed by atoms with van der Waals surface area (Å²) in [5, 5.41) is 13.2. The maximum Gasteiger partial charge on any atom is 0.305 e. The molecule has 1 aromatic rings. The Morgan fingerprint density at radius 3 is 2.33 bits per heavy atom. The van der Waals surface area contributed by atoms with Gasteiger partial charge in [0, 0.05) is 18.3 Å². The summed E-state index contributed by atoms with van der Waals surface area (Å²) < 4.78 is 1.82. The molecule has 0 aliphatic rings. The SMILES string of the molecule is Cc1cc(C(=O)N(CCC(=O)O)C(C)C)nn1C(C)(C)C. The first kappa shape index (κ1) is 17.2. The highest BCUT2D eigenvalue weighted by Gasteiger charge is 2.25. The van der Waals surface area contributed by atoms with Gasteiger partial charge in [-0.25, -0.2) is 0 Å². The van der Waals surface area contributed by atoms with E-state index in [1.165, 1.54) is 0 Å². The maximum atomic E-state index is 12.5. The molecule has 21 heavy (non-hydrogen) atoms. The predicted octanol–water partition coefficient (Wildman–Crippen LogP) is 2.27. The van der Waals surface area contributed by atoms with E-state index in [0.717, 1.165) is 5.69 Å². The highest BCUT2D eigenvalue weighted by atomic mass is 16.4. The van der Waals surface area contributed by atoms with Crippen LogP contribution in [-0.4, -0.2) is 44.3 Å². The molecule has 6 heteroatoms. The molecule has 118 valence electrons. The largest absolute Gasteiger partial charge is 0.481 e. The standard InChI is InChI=1S/C15H25N3O3/c1-10(2)17(8-7-13(19)20)14(21)12-9-11(3)18(16-12)15(4,5)6/h9-10H,7-8H2,1-6H3,(H,19,20). The lowest BCUT2D eigenvalue weighted by Gasteiger charge is -2.25. The lowest BCUT2D eigenvalue weighted by molar-refractivity contribution is -0.137. The number of aryl methyl sites for hydroxylation is 1. The summed E-state index contributed by atoms with van der Waals surface area (Å²) in [7, 11) is 0. The van der Waals surface area contributed by atoms with Gasteiger partial charge in [0.05, 0.1) is 12.0 Å². The van der Waals surface area contributed by atoms with Crippen LogP contribution in [0, 0.1) is 6.92 Å². The van der Waals surface area contributed by atoms with Crippen LogP contribution in [0.1, 0.15) is 57.2 Å². The van der Waals surface area contributed by atoms with Crippen LogP contribution in [0.4, 0.5) is 0 Å². The number of hydrogen-bond donors (Lipinski definition) is 1. The molecule has 0 fully saturated rings. The molecule has 0 aromatic carbocycles. The first-order chi connectivity index (χ1) is 9.54. The molecule has 6 nitrogen and oxygen atoms in total. The molecule has 0 saturated carbocycles. The van der Waals surface area contributed by atoms with E-state index in [9.17, 15) is 9.59 Å². The van der Waals surface area contributed by atoms with Crippen molar-refractivity contribution in [1.29, 1.82) is 0 Å². The Balaban J connectivity index is 3.02. The maximum absolute atomic E-state index is 12.5. The van der Waals surface area contributed by atoms with Crippen LogP contribution in [0.25, 0.3) is 0 Å². The third-order valence-corrected chi connectivity index (χ3v) is 3.19. The highest BCUT2D eigenvalue weighted by molar-refractivity contribution is 5.92. The summed E-state index contributed by atoms with van der Waals surface area (Å²) in [5.41, 5.74) is 1.07. The first-order valence-corrected chi connectivity index (χ1v) is 7.14. The van der Waals surface area contributed by atoms with Crippen molar-refractivity contribution < 1.29 is 14.7 Å². The third kappa shape index (κ3) is 4.31. The van der Waals surface area contributed by atoms with E-state index in [1.54, 1.807) is 11.0 Å². The molecule has 0 aliphatic carbocycles. The van der Waals surface area contributed by atoms with Crippen molar-refractivity contribution in [2.24, 2.45) is 0 Å². The van der Waals surface area contributed by atoms with Crippen molar-refractivity contribution in [2.45, 2.75) is 59.5 Å². The van der Waals surface area contributed by atoms with E-state index in [2.05, 4.69) is 5.10 Å². The number of amides is 1. The van der Waals surface area contributed by atoms with Gasteiger partial charge in [-0.2, -0.15) is 5.10 Å². The quantitative estimate of drug-likeness (QED) is 0.904. The van der Waals surface area contributed by atoms with Crippen molar-refractivity contribution in [2.75, 3.05) is 6.54 Å². The average Bonchev–Trinajstić information content (AvgIpc) is 2.70. The highest BCUT2D eigenvalue weighted by Crippen LogP contribution is 2.18. The molecule has 0 radical (unpaired) electrons.